The van der Waals surface area contributed by atoms with Crippen molar-refractivity contribution in [3.05, 3.63) is 23.8 Å². The molecule has 1 rings (SSSR count). The number of carbonyl (C=O) groups is 1. The van der Waals surface area contributed by atoms with Gasteiger partial charge in [0.25, 0.3) is 0 Å². The minimum Gasteiger partial charge on any atom is -0.497 e. The summed E-state index contributed by atoms with van der Waals surface area (Å²) in [4.78, 5) is 11.4. The number of alkyl halides is 3. The summed E-state index contributed by atoms with van der Waals surface area (Å²) in [6.07, 6.45) is -4.25. The highest BCUT2D eigenvalue weighted by Gasteiger charge is 2.35. The predicted molar refractivity (Wildman–Crippen MR) is 67.7 cm³/mol. The van der Waals surface area contributed by atoms with E-state index in [1.807, 2.05) is 0 Å². The lowest BCUT2D eigenvalue weighted by Crippen LogP contribution is -2.30. The highest BCUT2D eigenvalue weighted by molar-refractivity contribution is 5.79. The number of hydrogen-bond acceptors (Lipinski definition) is 4. The fourth-order valence-electron chi connectivity index (χ4n) is 1.67. The van der Waals surface area contributed by atoms with Crippen LogP contribution in [0.15, 0.2) is 18.2 Å². The van der Waals surface area contributed by atoms with Gasteiger partial charge >= 0.3 is 12.1 Å². The largest absolute Gasteiger partial charge is 0.497 e. The SMILES string of the molecule is CCC(Nc1ccc(OC)cc1C(F)(F)F)C(=O)OC. The van der Waals surface area contributed by atoms with E-state index in [1.54, 1.807) is 6.92 Å². The molecule has 1 atom stereocenters. The Labute approximate surface area is 114 Å². The molecule has 0 aliphatic heterocycles. The standard InChI is InChI=1S/C13H16F3NO3/c1-4-10(12(18)20-3)17-11-6-5-8(19-2)7-9(11)13(14,15)16/h5-7,10,17H,4H2,1-3H3. The molecule has 1 unspecified atom stereocenters. The molecule has 0 spiro atoms. The second-order valence-corrected chi connectivity index (χ2v) is 4.04. The molecule has 0 heterocycles. The molecule has 0 aliphatic carbocycles. The lowest BCUT2D eigenvalue weighted by Gasteiger charge is -2.20. The molecule has 0 fully saturated rings. The Morgan fingerprint density at radius 3 is 2.45 bits per heavy atom. The second-order valence-electron chi connectivity index (χ2n) is 4.04. The van der Waals surface area contributed by atoms with Gasteiger partial charge in [0.2, 0.25) is 0 Å². The van der Waals surface area contributed by atoms with Crippen molar-refractivity contribution >= 4 is 11.7 Å². The molecule has 0 bridgehead atoms. The summed E-state index contributed by atoms with van der Waals surface area (Å²) in [6.45, 7) is 1.67. The normalized spacial score (nSPS) is 12.7. The van der Waals surface area contributed by atoms with Gasteiger partial charge in [0.1, 0.15) is 11.8 Å². The molecule has 0 aliphatic rings. The molecule has 1 N–H and O–H groups in total. The van der Waals surface area contributed by atoms with Gasteiger partial charge in [-0.2, -0.15) is 13.2 Å². The van der Waals surface area contributed by atoms with Crippen LogP contribution in [0.1, 0.15) is 18.9 Å². The van der Waals surface area contributed by atoms with Crippen LogP contribution in [-0.2, 0) is 15.7 Å². The van der Waals surface area contributed by atoms with Crippen LogP contribution in [0.5, 0.6) is 5.75 Å². The molecular formula is C13H16F3NO3. The van der Waals surface area contributed by atoms with E-state index in [0.717, 1.165) is 6.07 Å². The number of halogens is 3. The van der Waals surface area contributed by atoms with Gasteiger partial charge in [0.15, 0.2) is 0 Å². The van der Waals surface area contributed by atoms with Crippen LogP contribution in [0.3, 0.4) is 0 Å². The first-order valence-electron chi connectivity index (χ1n) is 5.93. The van der Waals surface area contributed by atoms with Crippen molar-refractivity contribution in [2.75, 3.05) is 19.5 Å². The topological polar surface area (TPSA) is 47.6 Å². The predicted octanol–water partition coefficient (Wildman–Crippen LogP) is 3.08. The molecular weight excluding hydrogens is 275 g/mol. The number of carbonyl (C=O) groups excluding carboxylic acids is 1. The Hall–Kier alpha value is -1.92. The van der Waals surface area contributed by atoms with E-state index in [1.165, 1.54) is 26.4 Å². The molecule has 112 valence electrons. The summed E-state index contributed by atoms with van der Waals surface area (Å²) < 4.78 is 48.3. The zero-order chi connectivity index (χ0) is 15.3. The highest BCUT2D eigenvalue weighted by Crippen LogP contribution is 2.37. The number of esters is 1. The zero-order valence-corrected chi connectivity index (χ0v) is 11.4. The van der Waals surface area contributed by atoms with Gasteiger partial charge in [-0.3, -0.25) is 0 Å². The highest BCUT2D eigenvalue weighted by atomic mass is 19.4. The summed E-state index contributed by atoms with van der Waals surface area (Å²) in [5.74, 6) is -0.523. The molecule has 7 heteroatoms. The van der Waals surface area contributed by atoms with E-state index >= 15 is 0 Å². The van der Waals surface area contributed by atoms with Crippen LogP contribution in [0.25, 0.3) is 0 Å². The van der Waals surface area contributed by atoms with Crippen LogP contribution in [0.2, 0.25) is 0 Å². The van der Waals surface area contributed by atoms with Crippen molar-refractivity contribution in [2.24, 2.45) is 0 Å². The van der Waals surface area contributed by atoms with Gasteiger partial charge in [0, 0.05) is 5.69 Å². The number of ether oxygens (including phenoxy) is 2. The van der Waals surface area contributed by atoms with Crippen molar-refractivity contribution in [3.8, 4) is 5.75 Å². The Morgan fingerprint density at radius 2 is 2.00 bits per heavy atom. The van der Waals surface area contributed by atoms with Gasteiger partial charge in [-0.05, 0) is 24.6 Å². The lowest BCUT2D eigenvalue weighted by molar-refractivity contribution is -0.142. The molecule has 0 saturated heterocycles. The Kier molecular flexibility index (Phi) is 5.24. The Morgan fingerprint density at radius 1 is 1.35 bits per heavy atom. The molecule has 0 aromatic heterocycles. The average molecular weight is 291 g/mol. The minimum atomic E-state index is -4.55. The van der Waals surface area contributed by atoms with E-state index in [9.17, 15) is 18.0 Å². The van der Waals surface area contributed by atoms with Gasteiger partial charge in [-0.15, -0.1) is 0 Å². The number of nitrogens with one attached hydrogen (secondary N) is 1. The van der Waals surface area contributed by atoms with Gasteiger partial charge < -0.3 is 14.8 Å². The van der Waals surface area contributed by atoms with Crippen molar-refractivity contribution < 1.29 is 27.4 Å². The van der Waals surface area contributed by atoms with Crippen LogP contribution in [0.4, 0.5) is 18.9 Å². The number of hydrogen-bond donors (Lipinski definition) is 1. The van der Waals surface area contributed by atoms with E-state index in [2.05, 4.69) is 10.1 Å². The van der Waals surface area contributed by atoms with Crippen molar-refractivity contribution in [3.63, 3.8) is 0 Å². The number of benzene rings is 1. The van der Waals surface area contributed by atoms with Crippen LogP contribution >= 0.6 is 0 Å². The summed E-state index contributed by atoms with van der Waals surface area (Å²) >= 11 is 0. The molecule has 20 heavy (non-hydrogen) atoms. The van der Waals surface area contributed by atoms with Crippen LogP contribution < -0.4 is 10.1 Å². The molecule has 0 saturated carbocycles. The van der Waals surface area contributed by atoms with Crippen molar-refractivity contribution in [2.45, 2.75) is 25.6 Å². The van der Waals surface area contributed by atoms with Crippen LogP contribution in [0, 0.1) is 0 Å². The lowest BCUT2D eigenvalue weighted by atomic mass is 10.1. The Bertz CT molecular complexity index is 474. The third-order valence-electron chi connectivity index (χ3n) is 2.76. The zero-order valence-electron chi connectivity index (χ0n) is 11.4. The molecule has 0 amide bonds. The first kappa shape index (κ1) is 16.1. The third-order valence-corrected chi connectivity index (χ3v) is 2.76. The molecule has 0 radical (unpaired) electrons. The quantitative estimate of drug-likeness (QED) is 0.847. The maximum absolute atomic E-state index is 13.0. The van der Waals surface area contributed by atoms with Gasteiger partial charge in [-0.25, -0.2) is 4.79 Å². The summed E-state index contributed by atoms with van der Waals surface area (Å²) in [5, 5.41) is 2.56. The summed E-state index contributed by atoms with van der Waals surface area (Å²) in [5.41, 5.74) is -1.07. The van der Waals surface area contributed by atoms with Crippen LogP contribution in [-0.4, -0.2) is 26.2 Å². The molecule has 1 aromatic carbocycles. The van der Waals surface area contributed by atoms with E-state index in [0.29, 0.717) is 6.42 Å². The van der Waals surface area contributed by atoms with Crippen molar-refractivity contribution in [1.82, 2.24) is 0 Å². The summed E-state index contributed by atoms with van der Waals surface area (Å²) in [6, 6.07) is 2.66. The maximum atomic E-state index is 13.0. The average Bonchev–Trinajstić information content (AvgIpc) is 2.42. The number of anilines is 1. The van der Waals surface area contributed by atoms with E-state index in [4.69, 9.17) is 4.74 Å². The minimum absolute atomic E-state index is 0.0917. The molecule has 4 nitrogen and oxygen atoms in total. The van der Waals surface area contributed by atoms with Gasteiger partial charge in [0.05, 0.1) is 19.8 Å². The fourth-order valence-corrected chi connectivity index (χ4v) is 1.67. The second kappa shape index (κ2) is 6.49. The first-order valence-corrected chi connectivity index (χ1v) is 5.93. The smallest absolute Gasteiger partial charge is 0.418 e. The molecule has 1 aromatic rings. The number of rotatable bonds is 5. The summed E-state index contributed by atoms with van der Waals surface area (Å²) in [7, 11) is 2.47. The number of methoxy groups -OCH3 is 2. The first-order chi connectivity index (χ1) is 9.33. The van der Waals surface area contributed by atoms with E-state index in [-0.39, 0.29) is 11.4 Å². The van der Waals surface area contributed by atoms with Crippen molar-refractivity contribution in [1.29, 1.82) is 0 Å². The van der Waals surface area contributed by atoms with E-state index < -0.39 is 23.8 Å². The monoisotopic (exact) mass is 291 g/mol. The Balaban J connectivity index is 3.14. The maximum Gasteiger partial charge on any atom is 0.418 e. The fraction of sp³-hybridized carbons (Fsp3) is 0.462. The third kappa shape index (κ3) is 3.79. The van der Waals surface area contributed by atoms with Gasteiger partial charge in [-0.1, -0.05) is 6.92 Å².